The van der Waals surface area contributed by atoms with Crippen molar-refractivity contribution in [3.8, 4) is 17.4 Å². The Hall–Kier alpha value is -1.93. The summed E-state index contributed by atoms with van der Waals surface area (Å²) in [6, 6.07) is 5.10. The summed E-state index contributed by atoms with van der Waals surface area (Å²) in [5.74, 6) is 0.907. The molecule has 2 aromatic rings. The number of nitriles is 1. The van der Waals surface area contributed by atoms with Crippen LogP contribution in [0, 0.1) is 11.3 Å². The number of halogens is 2. The lowest BCUT2D eigenvalue weighted by Gasteiger charge is -2.11. The van der Waals surface area contributed by atoms with Gasteiger partial charge in [0.05, 0.1) is 11.8 Å². The first kappa shape index (κ1) is 14.5. The lowest BCUT2D eigenvalue weighted by molar-refractivity contribution is 0.197. The van der Waals surface area contributed by atoms with E-state index in [2.05, 4.69) is 9.97 Å². The van der Waals surface area contributed by atoms with Crippen LogP contribution in [0.2, 0.25) is 5.15 Å². The molecule has 0 spiro atoms. The maximum Gasteiger partial charge on any atom is 0.195 e. The number of hydrogen-bond donors (Lipinski definition) is 0. The molecule has 0 amide bonds. The highest BCUT2D eigenvalue weighted by Gasteiger charge is 2.18. The Bertz CT molecular complexity index is 655. The molecule has 0 aliphatic heterocycles. The van der Waals surface area contributed by atoms with Crippen molar-refractivity contribution in [1.82, 2.24) is 9.97 Å². The fraction of sp³-hybridized carbons (Fsp3) is 0.357. The summed E-state index contributed by atoms with van der Waals surface area (Å²) in [7, 11) is 0. The molecule has 0 aliphatic rings. The van der Waals surface area contributed by atoms with Gasteiger partial charge in [-0.05, 0) is 32.4 Å². The van der Waals surface area contributed by atoms with Gasteiger partial charge >= 0.3 is 0 Å². The van der Waals surface area contributed by atoms with Crippen molar-refractivity contribution in [2.45, 2.75) is 32.4 Å². The Balaban J connectivity index is 2.19. The summed E-state index contributed by atoms with van der Waals surface area (Å²) in [5.41, 5.74) is -0.468. The summed E-state index contributed by atoms with van der Waals surface area (Å²) >= 11 is 5.99. The number of pyridine rings is 1. The van der Waals surface area contributed by atoms with Gasteiger partial charge in [0.15, 0.2) is 11.7 Å². The number of oxazole rings is 1. The van der Waals surface area contributed by atoms with E-state index in [4.69, 9.17) is 21.3 Å². The average Bonchev–Trinajstić information content (AvgIpc) is 2.84. The van der Waals surface area contributed by atoms with Gasteiger partial charge in [0.2, 0.25) is 0 Å². The summed E-state index contributed by atoms with van der Waals surface area (Å²) in [4.78, 5) is 8.01. The van der Waals surface area contributed by atoms with Crippen molar-refractivity contribution < 1.29 is 8.81 Å². The molecule has 4 nitrogen and oxygen atoms in total. The molecule has 0 saturated carbocycles. The summed E-state index contributed by atoms with van der Waals surface area (Å²) in [6.07, 6.45) is 2.26. The fourth-order valence-electron chi connectivity index (χ4n) is 1.63. The maximum absolute atomic E-state index is 13.4. The van der Waals surface area contributed by atoms with E-state index >= 15 is 0 Å². The highest BCUT2D eigenvalue weighted by molar-refractivity contribution is 6.32. The molecule has 0 N–H and O–H groups in total. The second kappa shape index (κ2) is 5.59. The molecular formula is C14H13ClFN3O. The van der Waals surface area contributed by atoms with Crippen LogP contribution in [0.3, 0.4) is 0 Å². The molecule has 0 fully saturated rings. The number of aryl methyl sites for hydroxylation is 1. The van der Waals surface area contributed by atoms with E-state index in [1.54, 1.807) is 12.1 Å². The molecule has 0 saturated heterocycles. The number of rotatable bonds is 4. The third-order valence-electron chi connectivity index (χ3n) is 2.72. The van der Waals surface area contributed by atoms with Crippen LogP contribution in [-0.4, -0.2) is 15.6 Å². The van der Waals surface area contributed by atoms with Crippen molar-refractivity contribution >= 4 is 11.6 Å². The van der Waals surface area contributed by atoms with Gasteiger partial charge in [0.25, 0.3) is 0 Å². The van der Waals surface area contributed by atoms with Gasteiger partial charge in [-0.25, -0.2) is 14.4 Å². The SMILES string of the molecule is CC(C)(F)CCc1ncc(-c2ccc(C#N)nc2Cl)o1. The van der Waals surface area contributed by atoms with Gasteiger partial charge < -0.3 is 4.42 Å². The number of aromatic nitrogens is 2. The standard InChI is InChI=1S/C14H13ClFN3O/c1-14(2,16)6-5-12-18-8-11(20-12)10-4-3-9(7-17)19-13(10)15/h3-4,8H,5-6H2,1-2H3. The van der Waals surface area contributed by atoms with Crippen molar-refractivity contribution in [2.24, 2.45) is 0 Å². The second-order valence-corrected chi connectivity index (χ2v) is 5.34. The Kier molecular flexibility index (Phi) is 4.05. The molecule has 0 radical (unpaired) electrons. The predicted octanol–water partition coefficient (Wildman–Crippen LogP) is 3.94. The highest BCUT2D eigenvalue weighted by atomic mass is 35.5. The monoisotopic (exact) mass is 293 g/mol. The van der Waals surface area contributed by atoms with E-state index in [1.807, 2.05) is 6.07 Å². The maximum atomic E-state index is 13.4. The van der Waals surface area contributed by atoms with E-state index in [1.165, 1.54) is 20.0 Å². The number of hydrogen-bond acceptors (Lipinski definition) is 4. The molecule has 2 rings (SSSR count). The van der Waals surface area contributed by atoms with Crippen molar-refractivity contribution in [1.29, 1.82) is 5.26 Å². The third kappa shape index (κ3) is 3.55. The molecule has 104 valence electrons. The van der Waals surface area contributed by atoms with E-state index in [9.17, 15) is 4.39 Å². The Morgan fingerprint density at radius 1 is 1.45 bits per heavy atom. The first-order valence-corrected chi connectivity index (χ1v) is 6.47. The third-order valence-corrected chi connectivity index (χ3v) is 3.00. The Labute approximate surface area is 121 Å². The Morgan fingerprint density at radius 2 is 2.20 bits per heavy atom. The van der Waals surface area contributed by atoms with Crippen LogP contribution in [0.5, 0.6) is 0 Å². The summed E-state index contributed by atoms with van der Waals surface area (Å²) < 4.78 is 19.0. The van der Waals surface area contributed by atoms with Crippen LogP contribution in [0.4, 0.5) is 4.39 Å². The molecule has 2 heterocycles. The molecular weight excluding hydrogens is 281 g/mol. The summed E-state index contributed by atoms with van der Waals surface area (Å²) in [6.45, 7) is 3.02. The zero-order chi connectivity index (χ0) is 14.8. The lowest BCUT2D eigenvalue weighted by Crippen LogP contribution is -2.12. The highest BCUT2D eigenvalue weighted by Crippen LogP contribution is 2.28. The minimum absolute atomic E-state index is 0.178. The minimum Gasteiger partial charge on any atom is -0.441 e. The van der Waals surface area contributed by atoms with Gasteiger partial charge in [-0.1, -0.05) is 11.6 Å². The number of nitrogens with zero attached hydrogens (tertiary/aromatic N) is 3. The summed E-state index contributed by atoms with van der Waals surface area (Å²) in [5, 5.41) is 8.91. The lowest BCUT2D eigenvalue weighted by atomic mass is 10.1. The van der Waals surface area contributed by atoms with Crippen LogP contribution < -0.4 is 0 Å². The zero-order valence-corrected chi connectivity index (χ0v) is 11.9. The molecule has 2 aromatic heterocycles. The Morgan fingerprint density at radius 3 is 2.80 bits per heavy atom. The van der Waals surface area contributed by atoms with E-state index in [0.29, 0.717) is 30.1 Å². The first-order valence-electron chi connectivity index (χ1n) is 6.10. The van der Waals surface area contributed by atoms with Gasteiger partial charge in [0, 0.05) is 6.42 Å². The molecule has 0 bridgehead atoms. The minimum atomic E-state index is -1.26. The fourth-order valence-corrected chi connectivity index (χ4v) is 1.88. The zero-order valence-electron chi connectivity index (χ0n) is 11.2. The topological polar surface area (TPSA) is 62.7 Å². The van der Waals surface area contributed by atoms with Crippen molar-refractivity contribution in [3.63, 3.8) is 0 Å². The van der Waals surface area contributed by atoms with Gasteiger partial charge in [-0.2, -0.15) is 5.26 Å². The van der Waals surface area contributed by atoms with Gasteiger partial charge in [-0.15, -0.1) is 0 Å². The van der Waals surface area contributed by atoms with Crippen LogP contribution in [0.15, 0.2) is 22.7 Å². The molecule has 0 atom stereocenters. The van der Waals surface area contributed by atoms with Crippen LogP contribution in [-0.2, 0) is 6.42 Å². The molecule has 20 heavy (non-hydrogen) atoms. The normalized spacial score (nSPS) is 11.3. The van der Waals surface area contributed by atoms with Crippen LogP contribution >= 0.6 is 11.6 Å². The quantitative estimate of drug-likeness (QED) is 0.801. The molecule has 0 aliphatic carbocycles. The van der Waals surface area contributed by atoms with E-state index < -0.39 is 5.67 Å². The molecule has 6 heteroatoms. The van der Waals surface area contributed by atoms with Crippen LogP contribution in [0.1, 0.15) is 31.9 Å². The van der Waals surface area contributed by atoms with E-state index in [0.717, 1.165) is 0 Å². The van der Waals surface area contributed by atoms with Crippen LogP contribution in [0.25, 0.3) is 11.3 Å². The van der Waals surface area contributed by atoms with Gasteiger partial charge in [0.1, 0.15) is 22.6 Å². The second-order valence-electron chi connectivity index (χ2n) is 4.98. The smallest absolute Gasteiger partial charge is 0.195 e. The van der Waals surface area contributed by atoms with E-state index in [-0.39, 0.29) is 10.8 Å². The molecule has 0 aromatic carbocycles. The largest absolute Gasteiger partial charge is 0.441 e. The van der Waals surface area contributed by atoms with Crippen molar-refractivity contribution in [2.75, 3.05) is 0 Å². The average molecular weight is 294 g/mol. The molecule has 0 unspecified atom stereocenters. The predicted molar refractivity (Wildman–Crippen MR) is 73.0 cm³/mol. The van der Waals surface area contributed by atoms with Gasteiger partial charge in [-0.3, -0.25) is 0 Å². The first-order chi connectivity index (χ1) is 9.39. The number of alkyl halides is 1. The van der Waals surface area contributed by atoms with Crippen molar-refractivity contribution in [3.05, 3.63) is 35.1 Å².